The van der Waals surface area contributed by atoms with E-state index in [0.717, 1.165) is 0 Å². The van der Waals surface area contributed by atoms with E-state index in [2.05, 4.69) is 15.3 Å². The number of nitrogens with one attached hydrogen (secondary N) is 1. The fraction of sp³-hybridized carbons (Fsp3) is 0.143. The fourth-order valence-corrected chi connectivity index (χ4v) is 3.96. The molecule has 0 unspecified atom stereocenters. The summed E-state index contributed by atoms with van der Waals surface area (Å²) in [5, 5.41) is 6.26. The van der Waals surface area contributed by atoms with Crippen molar-refractivity contribution in [3.8, 4) is 5.13 Å². The molecule has 0 fully saturated rings. The van der Waals surface area contributed by atoms with Crippen LogP contribution in [0.4, 0.5) is 5.69 Å². The molecule has 0 saturated carbocycles. The number of amides is 1. The Balaban J connectivity index is 1.60. The first-order chi connectivity index (χ1) is 14.0. The van der Waals surface area contributed by atoms with Gasteiger partial charge in [0, 0.05) is 22.5 Å². The van der Waals surface area contributed by atoms with Gasteiger partial charge in [0.1, 0.15) is 5.82 Å². The third kappa shape index (κ3) is 4.06. The summed E-state index contributed by atoms with van der Waals surface area (Å²) in [6.45, 7) is 1.95. The molecule has 1 N–H and O–H groups in total. The molecule has 1 amide bonds. The van der Waals surface area contributed by atoms with Crippen molar-refractivity contribution in [3.05, 3.63) is 80.8 Å². The molecule has 29 heavy (non-hydrogen) atoms. The Bertz CT molecular complexity index is 1250. The molecule has 0 atom stereocenters. The number of para-hydroxylation sites is 1. The Hall–Kier alpha value is -3.03. The average molecular weight is 425 g/mol. The zero-order valence-corrected chi connectivity index (χ0v) is 17.1. The number of hydrogen-bond acceptors (Lipinski definition) is 5. The molecular formula is C21H17ClN4O2S. The molecule has 0 aliphatic carbocycles. The van der Waals surface area contributed by atoms with Crippen LogP contribution in [-0.2, 0) is 17.6 Å². The van der Waals surface area contributed by atoms with Gasteiger partial charge in [-0.05, 0) is 36.4 Å². The topological polar surface area (TPSA) is 76.9 Å². The Morgan fingerprint density at radius 1 is 1.14 bits per heavy atom. The van der Waals surface area contributed by atoms with Gasteiger partial charge in [-0.2, -0.15) is 0 Å². The van der Waals surface area contributed by atoms with E-state index in [1.54, 1.807) is 35.7 Å². The molecule has 8 heteroatoms. The van der Waals surface area contributed by atoms with Crippen molar-refractivity contribution in [2.45, 2.75) is 19.8 Å². The van der Waals surface area contributed by atoms with Gasteiger partial charge in [0.15, 0.2) is 5.13 Å². The third-order valence-corrected chi connectivity index (χ3v) is 5.49. The number of anilines is 1. The number of carbonyl (C=O) groups excluding carboxylic acids is 1. The first-order valence-electron chi connectivity index (χ1n) is 9.06. The minimum absolute atomic E-state index is 0.107. The van der Waals surface area contributed by atoms with E-state index in [1.807, 2.05) is 25.1 Å². The van der Waals surface area contributed by atoms with E-state index in [1.165, 1.54) is 15.9 Å². The van der Waals surface area contributed by atoms with E-state index in [9.17, 15) is 9.59 Å². The molecule has 2 aromatic heterocycles. The summed E-state index contributed by atoms with van der Waals surface area (Å²) < 4.78 is 1.54. The van der Waals surface area contributed by atoms with Gasteiger partial charge in [-0.1, -0.05) is 30.7 Å². The Kier molecular flexibility index (Phi) is 5.42. The maximum absolute atomic E-state index is 13.0. The van der Waals surface area contributed by atoms with Crippen LogP contribution in [0, 0.1) is 0 Å². The molecule has 0 spiro atoms. The van der Waals surface area contributed by atoms with Gasteiger partial charge in [0.25, 0.3) is 5.56 Å². The van der Waals surface area contributed by atoms with Crippen molar-refractivity contribution < 1.29 is 4.79 Å². The molecule has 0 radical (unpaired) electrons. The van der Waals surface area contributed by atoms with E-state index < -0.39 is 0 Å². The lowest BCUT2D eigenvalue weighted by Gasteiger charge is -2.09. The molecule has 4 aromatic rings. The second-order valence-electron chi connectivity index (χ2n) is 6.39. The average Bonchev–Trinajstić information content (AvgIpc) is 3.17. The van der Waals surface area contributed by atoms with E-state index in [-0.39, 0.29) is 17.9 Å². The van der Waals surface area contributed by atoms with Gasteiger partial charge in [-0.25, -0.2) is 14.5 Å². The van der Waals surface area contributed by atoms with Crippen LogP contribution in [0.1, 0.15) is 18.4 Å². The lowest BCUT2D eigenvalue weighted by Crippen LogP contribution is -2.23. The first kappa shape index (κ1) is 19.3. The quantitative estimate of drug-likeness (QED) is 0.519. The number of rotatable bonds is 5. The Labute approximate surface area is 175 Å². The van der Waals surface area contributed by atoms with E-state index in [4.69, 9.17) is 11.6 Å². The number of thiazole rings is 1. The summed E-state index contributed by atoms with van der Waals surface area (Å²) in [5.41, 5.74) is 1.78. The van der Waals surface area contributed by atoms with Crippen molar-refractivity contribution in [1.29, 1.82) is 0 Å². The molecular weight excluding hydrogens is 408 g/mol. The summed E-state index contributed by atoms with van der Waals surface area (Å²) >= 11 is 7.18. The van der Waals surface area contributed by atoms with Gasteiger partial charge in [0.2, 0.25) is 5.91 Å². The summed E-state index contributed by atoms with van der Waals surface area (Å²) in [6.07, 6.45) is 0.697. The van der Waals surface area contributed by atoms with Crippen LogP contribution in [0.3, 0.4) is 0 Å². The van der Waals surface area contributed by atoms with Gasteiger partial charge >= 0.3 is 0 Å². The van der Waals surface area contributed by atoms with Crippen LogP contribution in [0.25, 0.3) is 16.0 Å². The fourth-order valence-electron chi connectivity index (χ4n) is 3.00. The largest absolute Gasteiger partial charge is 0.326 e. The van der Waals surface area contributed by atoms with Gasteiger partial charge in [-0.15, -0.1) is 11.3 Å². The number of nitrogens with zero attached hydrogens (tertiary/aromatic N) is 3. The van der Waals surface area contributed by atoms with Gasteiger partial charge in [0.05, 0.1) is 23.0 Å². The summed E-state index contributed by atoms with van der Waals surface area (Å²) in [6, 6.07) is 14.2. The number of aromatic nitrogens is 3. The molecule has 0 saturated heterocycles. The zero-order chi connectivity index (χ0) is 20.4. The molecule has 2 aromatic carbocycles. The predicted molar refractivity (Wildman–Crippen MR) is 116 cm³/mol. The highest BCUT2D eigenvalue weighted by Gasteiger charge is 2.15. The molecule has 4 rings (SSSR count). The Morgan fingerprint density at radius 3 is 2.66 bits per heavy atom. The van der Waals surface area contributed by atoms with Crippen LogP contribution >= 0.6 is 22.9 Å². The second kappa shape index (κ2) is 8.14. The summed E-state index contributed by atoms with van der Waals surface area (Å²) in [7, 11) is 0. The summed E-state index contributed by atoms with van der Waals surface area (Å²) in [5.74, 6) is 0.448. The molecule has 0 aliphatic heterocycles. The molecule has 2 heterocycles. The number of fused-ring (bicyclic) bond motifs is 1. The molecule has 0 aliphatic rings. The van der Waals surface area contributed by atoms with E-state index in [0.29, 0.717) is 44.7 Å². The van der Waals surface area contributed by atoms with Crippen molar-refractivity contribution in [2.75, 3.05) is 5.32 Å². The normalized spacial score (nSPS) is 11.0. The Morgan fingerprint density at radius 2 is 1.90 bits per heavy atom. The van der Waals surface area contributed by atoms with Crippen LogP contribution in [0.5, 0.6) is 0 Å². The lowest BCUT2D eigenvalue weighted by atomic mass is 10.2. The SMILES string of the molecule is CCc1nc2ccccc2c(=O)n1-c1nc(CC(=O)Nc2ccc(Cl)cc2)cs1. The second-order valence-corrected chi connectivity index (χ2v) is 7.67. The standard InChI is InChI=1S/C21H17ClN4O2S/c1-2-18-25-17-6-4-3-5-16(17)20(28)26(18)21-24-15(12-29-21)11-19(27)23-14-9-7-13(22)8-10-14/h3-10,12H,2,11H2,1H3,(H,23,27). The molecule has 0 bridgehead atoms. The monoisotopic (exact) mass is 424 g/mol. The minimum atomic E-state index is -0.191. The highest BCUT2D eigenvalue weighted by molar-refractivity contribution is 7.12. The van der Waals surface area contributed by atoms with Crippen molar-refractivity contribution in [1.82, 2.24) is 14.5 Å². The number of aryl methyl sites for hydroxylation is 1. The number of hydrogen-bond donors (Lipinski definition) is 1. The highest BCUT2D eigenvalue weighted by atomic mass is 35.5. The van der Waals surface area contributed by atoms with Crippen LogP contribution < -0.4 is 10.9 Å². The van der Waals surface area contributed by atoms with E-state index >= 15 is 0 Å². The van der Waals surface area contributed by atoms with Crippen LogP contribution in [-0.4, -0.2) is 20.4 Å². The zero-order valence-electron chi connectivity index (χ0n) is 15.6. The highest BCUT2D eigenvalue weighted by Crippen LogP contribution is 2.19. The lowest BCUT2D eigenvalue weighted by molar-refractivity contribution is -0.115. The van der Waals surface area contributed by atoms with Gasteiger partial charge in [-0.3, -0.25) is 9.59 Å². The molecule has 146 valence electrons. The maximum Gasteiger partial charge on any atom is 0.267 e. The number of halogens is 1. The van der Waals surface area contributed by atoms with Crippen molar-refractivity contribution in [3.63, 3.8) is 0 Å². The smallest absolute Gasteiger partial charge is 0.267 e. The predicted octanol–water partition coefficient (Wildman–Crippen LogP) is 4.24. The molecule has 6 nitrogen and oxygen atoms in total. The number of benzene rings is 2. The minimum Gasteiger partial charge on any atom is -0.326 e. The third-order valence-electron chi connectivity index (χ3n) is 4.36. The maximum atomic E-state index is 13.0. The number of carbonyl (C=O) groups is 1. The first-order valence-corrected chi connectivity index (χ1v) is 10.3. The van der Waals surface area contributed by atoms with Crippen LogP contribution in [0.15, 0.2) is 58.7 Å². The van der Waals surface area contributed by atoms with Crippen molar-refractivity contribution >= 4 is 45.4 Å². The van der Waals surface area contributed by atoms with Crippen molar-refractivity contribution in [2.24, 2.45) is 0 Å². The van der Waals surface area contributed by atoms with Crippen LogP contribution in [0.2, 0.25) is 5.02 Å². The van der Waals surface area contributed by atoms with Gasteiger partial charge < -0.3 is 5.32 Å². The summed E-state index contributed by atoms with van der Waals surface area (Å²) in [4.78, 5) is 34.4.